The lowest BCUT2D eigenvalue weighted by Crippen LogP contribution is -2.44. The highest BCUT2D eigenvalue weighted by Gasteiger charge is 2.08. The van der Waals surface area contributed by atoms with Gasteiger partial charge in [0.25, 0.3) is 0 Å². The van der Waals surface area contributed by atoms with Gasteiger partial charge in [-0.2, -0.15) is 0 Å². The van der Waals surface area contributed by atoms with Crippen molar-refractivity contribution in [3.05, 3.63) is 29.5 Å². The lowest BCUT2D eigenvalue weighted by Gasteiger charge is -2.34. The molecular weight excluding hydrogens is 156 g/mol. The van der Waals surface area contributed by atoms with Crippen LogP contribution in [0.1, 0.15) is 0 Å². The average molecular weight is 163 g/mol. The number of guanidine groups is 1. The molecule has 12 heavy (non-hydrogen) atoms. The number of anilines is 1. The Balaban J connectivity index is 2.55. The standard InChI is InChI=1S/C7H7N4O/c8-7-9-5-3-1-2-4-6(5)11(12)10-7/h1-4H,(H3,8,9,10)/q-1. The molecule has 5 nitrogen and oxygen atoms in total. The highest BCUT2D eigenvalue weighted by Crippen LogP contribution is 2.28. The Morgan fingerprint density at radius 2 is 2.17 bits per heavy atom. The fourth-order valence-corrected chi connectivity index (χ4v) is 1.05. The summed E-state index contributed by atoms with van der Waals surface area (Å²) in [6, 6.07) is 6.97. The number of para-hydroxylation sites is 2. The third kappa shape index (κ3) is 0.960. The van der Waals surface area contributed by atoms with Crippen LogP contribution in [0.2, 0.25) is 0 Å². The maximum Gasteiger partial charge on any atom is 0.212 e. The summed E-state index contributed by atoms with van der Waals surface area (Å²) in [5.74, 6) is 0.115. The molecule has 0 saturated heterocycles. The van der Waals surface area contributed by atoms with E-state index in [2.05, 4.69) is 10.4 Å². The van der Waals surface area contributed by atoms with Gasteiger partial charge in [0.2, 0.25) is 5.96 Å². The Hall–Kier alpha value is -1.75. The van der Waals surface area contributed by atoms with E-state index in [4.69, 9.17) is 5.73 Å². The lowest BCUT2D eigenvalue weighted by molar-refractivity contribution is 0.900. The van der Waals surface area contributed by atoms with E-state index in [9.17, 15) is 5.21 Å². The van der Waals surface area contributed by atoms with Crippen molar-refractivity contribution in [2.45, 2.75) is 0 Å². The first-order valence-corrected chi connectivity index (χ1v) is 3.44. The Bertz CT molecular complexity index is 336. The average Bonchev–Trinajstić information content (AvgIpc) is 2.04. The molecule has 0 aliphatic carbocycles. The monoisotopic (exact) mass is 163 g/mol. The minimum Gasteiger partial charge on any atom is -0.739 e. The van der Waals surface area contributed by atoms with Gasteiger partial charge in [-0.05, 0) is 12.1 Å². The van der Waals surface area contributed by atoms with Crippen LogP contribution in [0.5, 0.6) is 0 Å². The van der Waals surface area contributed by atoms with Gasteiger partial charge in [0, 0.05) is 0 Å². The van der Waals surface area contributed by atoms with E-state index >= 15 is 0 Å². The maximum atomic E-state index is 11.1. The lowest BCUT2D eigenvalue weighted by atomic mass is 10.2. The molecule has 1 heterocycles. The van der Waals surface area contributed by atoms with Gasteiger partial charge in [-0.3, -0.25) is 5.43 Å². The molecule has 0 bridgehead atoms. The molecule has 0 unspecified atom stereocenters. The number of benzene rings is 1. The normalized spacial score (nSPS) is 14.8. The van der Waals surface area contributed by atoms with Crippen LogP contribution in [0, 0.1) is 5.21 Å². The number of nitrogens with one attached hydrogen (secondary N) is 1. The van der Waals surface area contributed by atoms with Crippen LogP contribution in [0.25, 0.3) is 0 Å². The Morgan fingerprint density at radius 1 is 1.42 bits per heavy atom. The van der Waals surface area contributed by atoms with Crippen LogP contribution in [0.3, 0.4) is 0 Å². The first-order valence-electron chi connectivity index (χ1n) is 3.44. The SMILES string of the molecule is NC1=Nc2ccccc2N([O-])N1. The minimum atomic E-state index is 0.115. The van der Waals surface area contributed by atoms with Crippen molar-refractivity contribution >= 4 is 17.3 Å². The van der Waals surface area contributed by atoms with Crippen molar-refractivity contribution in [3.63, 3.8) is 0 Å². The quantitative estimate of drug-likeness (QED) is 0.582. The van der Waals surface area contributed by atoms with Crippen LogP contribution in [0.15, 0.2) is 29.3 Å². The number of aliphatic imine (C=N–C) groups is 1. The molecule has 62 valence electrons. The molecule has 0 spiro atoms. The van der Waals surface area contributed by atoms with E-state index in [1.165, 1.54) is 0 Å². The van der Waals surface area contributed by atoms with Gasteiger partial charge >= 0.3 is 0 Å². The van der Waals surface area contributed by atoms with Gasteiger partial charge in [0.05, 0.1) is 11.4 Å². The third-order valence-corrected chi connectivity index (χ3v) is 1.56. The smallest absolute Gasteiger partial charge is 0.212 e. The summed E-state index contributed by atoms with van der Waals surface area (Å²) in [5.41, 5.74) is 8.74. The van der Waals surface area contributed by atoms with E-state index in [1.54, 1.807) is 24.3 Å². The molecule has 0 atom stereocenters. The fourth-order valence-electron chi connectivity index (χ4n) is 1.05. The number of nitrogens with zero attached hydrogens (tertiary/aromatic N) is 2. The van der Waals surface area contributed by atoms with E-state index in [-0.39, 0.29) is 5.96 Å². The summed E-state index contributed by atoms with van der Waals surface area (Å²) in [7, 11) is 0. The van der Waals surface area contributed by atoms with Crippen molar-refractivity contribution in [2.75, 3.05) is 5.17 Å². The van der Waals surface area contributed by atoms with E-state index in [0.717, 1.165) is 0 Å². The third-order valence-electron chi connectivity index (χ3n) is 1.56. The maximum absolute atomic E-state index is 11.1. The second-order valence-electron chi connectivity index (χ2n) is 2.39. The van der Waals surface area contributed by atoms with Crippen LogP contribution >= 0.6 is 0 Å². The zero-order valence-corrected chi connectivity index (χ0v) is 6.19. The number of hydrogen-bond acceptors (Lipinski definition) is 5. The largest absolute Gasteiger partial charge is 0.739 e. The van der Waals surface area contributed by atoms with Crippen molar-refractivity contribution < 1.29 is 0 Å². The molecule has 5 heteroatoms. The summed E-state index contributed by atoms with van der Waals surface area (Å²) in [6.07, 6.45) is 0. The van der Waals surface area contributed by atoms with Crippen LogP contribution < -0.4 is 16.3 Å². The number of hydrazine groups is 1. The molecule has 1 aliphatic rings. The molecule has 0 fully saturated rings. The van der Waals surface area contributed by atoms with Gasteiger partial charge < -0.3 is 16.1 Å². The van der Waals surface area contributed by atoms with Gasteiger partial charge in [0.1, 0.15) is 0 Å². The first-order chi connectivity index (χ1) is 5.77. The molecule has 0 saturated carbocycles. The molecule has 0 amide bonds. The van der Waals surface area contributed by atoms with Crippen molar-refractivity contribution in [1.29, 1.82) is 0 Å². The van der Waals surface area contributed by atoms with Gasteiger partial charge in [-0.1, -0.05) is 12.1 Å². The van der Waals surface area contributed by atoms with Crippen molar-refractivity contribution in [3.8, 4) is 0 Å². The number of nitrogens with two attached hydrogens (primary N) is 1. The van der Waals surface area contributed by atoms with E-state index in [0.29, 0.717) is 16.5 Å². The molecule has 3 N–H and O–H groups in total. The summed E-state index contributed by atoms with van der Waals surface area (Å²) >= 11 is 0. The molecule has 2 rings (SSSR count). The predicted octanol–water partition coefficient (Wildman–Crippen LogP) is 0.455. The summed E-state index contributed by atoms with van der Waals surface area (Å²) in [6.45, 7) is 0. The second kappa shape index (κ2) is 2.38. The second-order valence-corrected chi connectivity index (χ2v) is 2.39. The molecule has 1 aromatic rings. The Morgan fingerprint density at radius 3 is 3.00 bits per heavy atom. The molecular formula is C7H7N4O-. The van der Waals surface area contributed by atoms with Crippen LogP contribution in [0.4, 0.5) is 11.4 Å². The topological polar surface area (TPSA) is 76.7 Å². The fraction of sp³-hybridized carbons (Fsp3) is 0. The number of hydrogen-bond donors (Lipinski definition) is 2. The van der Waals surface area contributed by atoms with E-state index in [1.807, 2.05) is 0 Å². The Labute approximate surface area is 69.1 Å². The first kappa shape index (κ1) is 6.93. The zero-order valence-electron chi connectivity index (χ0n) is 6.19. The van der Waals surface area contributed by atoms with Gasteiger partial charge in [0.15, 0.2) is 0 Å². The van der Waals surface area contributed by atoms with Crippen molar-refractivity contribution in [1.82, 2.24) is 5.43 Å². The van der Waals surface area contributed by atoms with Gasteiger partial charge in [-0.15, -0.1) is 0 Å². The predicted molar refractivity (Wildman–Crippen MR) is 46.7 cm³/mol. The number of rotatable bonds is 0. The van der Waals surface area contributed by atoms with Gasteiger partial charge in [-0.25, -0.2) is 4.99 Å². The Kier molecular flexibility index (Phi) is 1.38. The molecule has 0 radical (unpaired) electrons. The van der Waals surface area contributed by atoms with E-state index < -0.39 is 0 Å². The van der Waals surface area contributed by atoms with Crippen LogP contribution in [-0.2, 0) is 0 Å². The van der Waals surface area contributed by atoms with Crippen molar-refractivity contribution in [2.24, 2.45) is 10.7 Å². The highest BCUT2D eigenvalue weighted by atomic mass is 16.5. The summed E-state index contributed by atoms with van der Waals surface area (Å²) < 4.78 is 0. The highest BCUT2D eigenvalue weighted by molar-refractivity contribution is 5.89. The van der Waals surface area contributed by atoms with Crippen LogP contribution in [-0.4, -0.2) is 5.96 Å². The minimum absolute atomic E-state index is 0.115. The summed E-state index contributed by atoms with van der Waals surface area (Å²) in [4.78, 5) is 3.94. The summed E-state index contributed by atoms with van der Waals surface area (Å²) in [5, 5.41) is 11.7. The zero-order chi connectivity index (χ0) is 8.55. The molecule has 1 aliphatic heterocycles. The number of fused-ring (bicyclic) bond motifs is 1. The molecule has 1 aromatic carbocycles. The molecule has 0 aromatic heterocycles.